The molecule has 0 aromatic heterocycles. The maximum Gasteiger partial charge on any atom is 0.329 e. The molecule has 0 bridgehead atoms. The van der Waals surface area contributed by atoms with Crippen LogP contribution in [0.25, 0.3) is 0 Å². The molecule has 5 heteroatoms. The Hall–Kier alpha value is -2.04. The Labute approximate surface area is 130 Å². The lowest BCUT2D eigenvalue weighted by Crippen LogP contribution is -2.50. The number of carbonyl (C=O) groups excluding carboxylic acids is 1. The van der Waals surface area contributed by atoms with Crippen molar-refractivity contribution in [1.29, 1.82) is 0 Å². The molecule has 0 atom stereocenters. The van der Waals surface area contributed by atoms with Crippen LogP contribution in [0, 0.1) is 0 Å². The molecule has 1 aromatic carbocycles. The Morgan fingerprint density at radius 3 is 2.50 bits per heavy atom. The standard InChI is InChI=1S/C17H23NO4/c1-17(2,16(20)21)18(3)15(19)12-7-6-10-14(11-12)22-13-8-4-5-9-13/h6-7,10-11,13H,4-5,8-9H2,1-3H3,(H,20,21). The molecule has 1 aliphatic carbocycles. The third-order valence-electron chi connectivity index (χ3n) is 4.35. The molecule has 120 valence electrons. The third-order valence-corrected chi connectivity index (χ3v) is 4.35. The van der Waals surface area contributed by atoms with Crippen LogP contribution in [0.15, 0.2) is 24.3 Å². The largest absolute Gasteiger partial charge is 0.490 e. The van der Waals surface area contributed by atoms with E-state index in [-0.39, 0.29) is 12.0 Å². The number of aliphatic carboxylic acids is 1. The van der Waals surface area contributed by atoms with Crippen molar-refractivity contribution >= 4 is 11.9 Å². The van der Waals surface area contributed by atoms with Gasteiger partial charge in [-0.3, -0.25) is 4.79 Å². The van der Waals surface area contributed by atoms with Crippen molar-refractivity contribution in [3.05, 3.63) is 29.8 Å². The highest BCUT2D eigenvalue weighted by Gasteiger charge is 2.35. The van der Waals surface area contributed by atoms with Crippen LogP contribution in [-0.4, -0.2) is 40.6 Å². The normalized spacial score (nSPS) is 15.6. The van der Waals surface area contributed by atoms with Gasteiger partial charge in [0, 0.05) is 12.6 Å². The fourth-order valence-corrected chi connectivity index (χ4v) is 2.49. The van der Waals surface area contributed by atoms with Crippen molar-refractivity contribution in [1.82, 2.24) is 4.90 Å². The molecule has 5 nitrogen and oxygen atoms in total. The van der Waals surface area contributed by atoms with Crippen molar-refractivity contribution in [2.24, 2.45) is 0 Å². The SMILES string of the molecule is CN(C(=O)c1cccc(OC2CCCC2)c1)C(C)(C)C(=O)O. The minimum Gasteiger partial charge on any atom is -0.490 e. The van der Waals surface area contributed by atoms with Crippen molar-refractivity contribution in [2.75, 3.05) is 7.05 Å². The lowest BCUT2D eigenvalue weighted by molar-refractivity contribution is -0.147. The molecule has 1 amide bonds. The number of carboxylic acid groups (broad SMARTS) is 1. The first-order valence-corrected chi connectivity index (χ1v) is 7.60. The Balaban J connectivity index is 2.14. The maximum atomic E-state index is 12.5. The number of hydrogen-bond donors (Lipinski definition) is 1. The second kappa shape index (κ2) is 6.38. The molecular weight excluding hydrogens is 282 g/mol. The lowest BCUT2D eigenvalue weighted by atomic mass is 10.0. The number of likely N-dealkylation sites (N-methyl/N-ethyl adjacent to an activating group) is 1. The summed E-state index contributed by atoms with van der Waals surface area (Å²) in [6, 6.07) is 6.96. The van der Waals surface area contributed by atoms with Gasteiger partial charge in [0.05, 0.1) is 6.10 Å². The van der Waals surface area contributed by atoms with Gasteiger partial charge in [-0.15, -0.1) is 0 Å². The summed E-state index contributed by atoms with van der Waals surface area (Å²) in [4.78, 5) is 25.0. The van der Waals surface area contributed by atoms with E-state index in [0.29, 0.717) is 11.3 Å². The van der Waals surface area contributed by atoms with Crippen molar-refractivity contribution in [2.45, 2.75) is 51.2 Å². The fourth-order valence-electron chi connectivity index (χ4n) is 2.49. The second-order valence-corrected chi connectivity index (χ2v) is 6.28. The van der Waals surface area contributed by atoms with Crippen LogP contribution < -0.4 is 4.74 Å². The molecule has 1 saturated carbocycles. The van der Waals surface area contributed by atoms with Crippen LogP contribution in [0.2, 0.25) is 0 Å². The van der Waals surface area contributed by atoms with Crippen molar-refractivity contribution < 1.29 is 19.4 Å². The summed E-state index contributed by atoms with van der Waals surface area (Å²) >= 11 is 0. The van der Waals surface area contributed by atoms with E-state index in [2.05, 4.69) is 0 Å². The summed E-state index contributed by atoms with van der Waals surface area (Å²) in [6.07, 6.45) is 4.67. The number of amides is 1. The zero-order valence-electron chi connectivity index (χ0n) is 13.3. The summed E-state index contributed by atoms with van der Waals surface area (Å²) in [5, 5.41) is 9.23. The molecule has 1 fully saturated rings. The molecule has 1 aliphatic rings. The highest BCUT2D eigenvalue weighted by atomic mass is 16.5. The second-order valence-electron chi connectivity index (χ2n) is 6.28. The van der Waals surface area contributed by atoms with E-state index in [1.54, 1.807) is 18.2 Å². The number of carbonyl (C=O) groups is 2. The summed E-state index contributed by atoms with van der Waals surface area (Å²) in [5.41, 5.74) is -0.827. The van der Waals surface area contributed by atoms with Gasteiger partial charge < -0.3 is 14.7 Å². The van der Waals surface area contributed by atoms with Gasteiger partial charge >= 0.3 is 5.97 Å². The predicted octanol–water partition coefficient (Wildman–Crippen LogP) is 2.94. The molecule has 1 aromatic rings. The Morgan fingerprint density at radius 2 is 1.91 bits per heavy atom. The Bertz CT molecular complexity index is 562. The minimum atomic E-state index is -1.26. The summed E-state index contributed by atoms with van der Waals surface area (Å²) in [6.45, 7) is 3.01. The van der Waals surface area contributed by atoms with Crippen molar-refractivity contribution in [3.63, 3.8) is 0 Å². The molecular formula is C17H23NO4. The molecule has 0 radical (unpaired) electrons. The number of benzene rings is 1. The lowest BCUT2D eigenvalue weighted by Gasteiger charge is -2.31. The number of hydrogen-bond acceptors (Lipinski definition) is 3. The van der Waals surface area contributed by atoms with E-state index < -0.39 is 11.5 Å². The summed E-state index contributed by atoms with van der Waals surface area (Å²) < 4.78 is 5.89. The Kier molecular flexibility index (Phi) is 4.74. The minimum absolute atomic E-state index is 0.221. The fraction of sp³-hybridized carbons (Fsp3) is 0.529. The average molecular weight is 305 g/mol. The molecule has 0 saturated heterocycles. The van der Waals surface area contributed by atoms with Gasteiger partial charge in [0.25, 0.3) is 5.91 Å². The first kappa shape index (κ1) is 16.3. The third kappa shape index (κ3) is 3.40. The first-order valence-electron chi connectivity index (χ1n) is 7.60. The van der Waals surface area contributed by atoms with Gasteiger partial charge in [0.1, 0.15) is 11.3 Å². The quantitative estimate of drug-likeness (QED) is 0.908. The summed E-state index contributed by atoms with van der Waals surface area (Å²) in [5.74, 6) is -0.703. The van der Waals surface area contributed by atoms with Crippen LogP contribution in [-0.2, 0) is 4.79 Å². The van der Waals surface area contributed by atoms with E-state index >= 15 is 0 Å². The highest BCUT2D eigenvalue weighted by Crippen LogP contribution is 2.25. The zero-order chi connectivity index (χ0) is 16.3. The van der Waals surface area contributed by atoms with E-state index in [9.17, 15) is 14.7 Å². The molecule has 0 spiro atoms. The van der Waals surface area contributed by atoms with Crippen LogP contribution in [0.1, 0.15) is 49.9 Å². The average Bonchev–Trinajstić information content (AvgIpc) is 2.98. The molecule has 0 unspecified atom stereocenters. The Morgan fingerprint density at radius 1 is 1.27 bits per heavy atom. The number of ether oxygens (including phenoxy) is 1. The van der Waals surface area contributed by atoms with E-state index in [0.717, 1.165) is 12.8 Å². The first-order chi connectivity index (χ1) is 10.3. The predicted molar refractivity (Wildman–Crippen MR) is 83.1 cm³/mol. The number of rotatable bonds is 5. The smallest absolute Gasteiger partial charge is 0.329 e. The van der Waals surface area contributed by atoms with Crippen LogP contribution in [0.3, 0.4) is 0 Å². The highest BCUT2D eigenvalue weighted by molar-refractivity contribution is 5.97. The van der Waals surface area contributed by atoms with E-state index in [4.69, 9.17) is 4.74 Å². The molecule has 22 heavy (non-hydrogen) atoms. The van der Waals surface area contributed by atoms with Gasteiger partial charge in [-0.25, -0.2) is 4.79 Å². The molecule has 0 aliphatic heterocycles. The number of nitrogens with zero attached hydrogens (tertiary/aromatic N) is 1. The monoisotopic (exact) mass is 305 g/mol. The van der Waals surface area contributed by atoms with Gasteiger partial charge in [-0.05, 0) is 57.7 Å². The van der Waals surface area contributed by atoms with Gasteiger partial charge in [-0.2, -0.15) is 0 Å². The molecule has 0 heterocycles. The van der Waals surface area contributed by atoms with Crippen molar-refractivity contribution in [3.8, 4) is 5.75 Å². The van der Waals surface area contributed by atoms with Crippen LogP contribution in [0.4, 0.5) is 0 Å². The van der Waals surface area contributed by atoms with Crippen LogP contribution in [0.5, 0.6) is 5.75 Å². The zero-order valence-corrected chi connectivity index (χ0v) is 13.3. The van der Waals surface area contributed by atoms with Gasteiger partial charge in [0.15, 0.2) is 0 Å². The molecule has 1 N–H and O–H groups in total. The van der Waals surface area contributed by atoms with Crippen LogP contribution >= 0.6 is 0 Å². The molecule has 2 rings (SSSR count). The maximum absolute atomic E-state index is 12.5. The van der Waals surface area contributed by atoms with Gasteiger partial charge in [0.2, 0.25) is 0 Å². The summed E-state index contributed by atoms with van der Waals surface area (Å²) in [7, 11) is 1.50. The van der Waals surface area contributed by atoms with E-state index in [1.165, 1.54) is 38.6 Å². The number of carboxylic acids is 1. The topological polar surface area (TPSA) is 66.8 Å². The van der Waals surface area contributed by atoms with Gasteiger partial charge in [-0.1, -0.05) is 6.07 Å². The van der Waals surface area contributed by atoms with E-state index in [1.807, 2.05) is 6.07 Å².